The average Bonchev–Trinajstić information content (AvgIpc) is 2.30. The number of carboxylic acid groups (broad SMARTS) is 2. The number of hydrogen-bond acceptors (Lipinski definition) is 5. The summed E-state index contributed by atoms with van der Waals surface area (Å²) >= 11 is 0. The van der Waals surface area contributed by atoms with E-state index in [1.807, 2.05) is 12.1 Å². The Balaban J connectivity index is 0.000000327. The van der Waals surface area contributed by atoms with Crippen molar-refractivity contribution in [3.8, 4) is 0 Å². The van der Waals surface area contributed by atoms with E-state index in [4.69, 9.17) is 21.7 Å². The molecule has 0 spiro atoms. The third kappa shape index (κ3) is 6.83. The Labute approximate surface area is 103 Å². The lowest BCUT2D eigenvalue weighted by Gasteiger charge is -1.94. The lowest BCUT2D eigenvalue weighted by atomic mass is 10.2. The van der Waals surface area contributed by atoms with Crippen LogP contribution in [0.3, 0.4) is 0 Å². The molecule has 7 nitrogen and oxygen atoms in total. The van der Waals surface area contributed by atoms with Crippen LogP contribution in [0.4, 0.5) is 11.4 Å². The van der Waals surface area contributed by atoms with Crippen molar-refractivity contribution < 1.29 is 24.6 Å². The van der Waals surface area contributed by atoms with Gasteiger partial charge >= 0.3 is 11.9 Å². The first kappa shape index (κ1) is 15.4. The molecule has 6 N–H and O–H groups in total. The van der Waals surface area contributed by atoms with Crippen LogP contribution in [0.2, 0.25) is 0 Å². The summed E-state index contributed by atoms with van der Waals surface area (Å²) in [5.41, 5.74) is 12.1. The number of aliphatic carboxylic acids is 2. The van der Waals surface area contributed by atoms with Gasteiger partial charge in [-0.05, 0) is 12.1 Å². The van der Waals surface area contributed by atoms with E-state index in [0.717, 1.165) is 0 Å². The number of nitrogen functional groups attached to an aromatic ring is 2. The summed E-state index contributed by atoms with van der Waals surface area (Å²) in [6, 6.07) is 7.25. The van der Waals surface area contributed by atoms with E-state index in [1.54, 1.807) is 12.1 Å². The zero-order valence-electron chi connectivity index (χ0n) is 9.50. The molecular formula is C11H14N2O5. The zero-order valence-corrected chi connectivity index (χ0v) is 9.50. The van der Waals surface area contributed by atoms with Gasteiger partial charge in [-0.1, -0.05) is 12.1 Å². The van der Waals surface area contributed by atoms with Crippen molar-refractivity contribution in [2.24, 2.45) is 0 Å². The first-order chi connectivity index (χ1) is 8.34. The highest BCUT2D eigenvalue weighted by atomic mass is 16.4. The van der Waals surface area contributed by atoms with Crippen LogP contribution in [-0.4, -0.2) is 27.9 Å². The van der Waals surface area contributed by atoms with Gasteiger partial charge in [-0.3, -0.25) is 9.59 Å². The Bertz CT molecular complexity index is 424. The quantitative estimate of drug-likeness (QED) is 0.448. The van der Waals surface area contributed by atoms with Crippen LogP contribution < -0.4 is 11.5 Å². The maximum absolute atomic E-state index is 10.2. The summed E-state index contributed by atoms with van der Waals surface area (Å²) in [6.07, 6.45) is -0.865. The molecule has 18 heavy (non-hydrogen) atoms. The number of para-hydroxylation sites is 2. The van der Waals surface area contributed by atoms with Crippen molar-refractivity contribution in [2.45, 2.75) is 12.8 Å². The van der Waals surface area contributed by atoms with Crippen molar-refractivity contribution in [1.29, 1.82) is 0 Å². The Kier molecular flexibility index (Phi) is 6.57. The molecule has 0 unspecified atom stereocenters. The van der Waals surface area contributed by atoms with Crippen LogP contribution in [0.25, 0.3) is 0 Å². The monoisotopic (exact) mass is 254 g/mol. The van der Waals surface area contributed by atoms with Gasteiger partial charge in [0.05, 0.1) is 17.8 Å². The molecule has 0 aliphatic carbocycles. The first-order valence-electron chi connectivity index (χ1n) is 4.92. The number of benzene rings is 1. The fraction of sp³-hybridized carbons (Fsp3) is 0.182. The van der Waals surface area contributed by atoms with Crippen LogP contribution in [0.15, 0.2) is 24.3 Å². The molecule has 0 aliphatic rings. The summed E-state index contributed by atoms with van der Waals surface area (Å²) in [5, 5.41) is 16.0. The number of carboxylic acids is 2. The van der Waals surface area contributed by atoms with Gasteiger partial charge in [-0.2, -0.15) is 0 Å². The van der Waals surface area contributed by atoms with E-state index in [2.05, 4.69) is 0 Å². The Morgan fingerprint density at radius 1 is 0.944 bits per heavy atom. The summed E-state index contributed by atoms with van der Waals surface area (Å²) < 4.78 is 0. The minimum atomic E-state index is -1.58. The molecular weight excluding hydrogens is 240 g/mol. The lowest BCUT2D eigenvalue weighted by Crippen LogP contribution is -2.13. The maximum atomic E-state index is 10.2. The highest BCUT2D eigenvalue weighted by molar-refractivity contribution is 6.32. The van der Waals surface area contributed by atoms with E-state index in [0.29, 0.717) is 11.4 Å². The minimum absolute atomic E-state index is 0.425. The van der Waals surface area contributed by atoms with Crippen LogP contribution in [0.5, 0.6) is 0 Å². The van der Waals surface area contributed by atoms with Gasteiger partial charge in [-0.15, -0.1) is 0 Å². The number of hydrogen-bond donors (Lipinski definition) is 4. The summed E-state index contributed by atoms with van der Waals surface area (Å²) in [5.74, 6) is -3.82. The van der Waals surface area contributed by atoms with Crippen LogP contribution in [0.1, 0.15) is 12.8 Å². The molecule has 0 radical (unpaired) electrons. The third-order valence-corrected chi connectivity index (χ3v) is 1.80. The molecule has 0 saturated carbocycles. The predicted octanol–water partition coefficient (Wildman–Crippen LogP) is 0.356. The number of carbonyl (C=O) groups excluding carboxylic acids is 1. The number of ketones is 1. The minimum Gasteiger partial charge on any atom is -0.481 e. The van der Waals surface area contributed by atoms with Gasteiger partial charge in [0.2, 0.25) is 5.78 Å². The molecule has 1 rings (SSSR count). The van der Waals surface area contributed by atoms with E-state index in [-0.39, 0.29) is 0 Å². The molecule has 0 aliphatic heterocycles. The number of Topliss-reactive ketones (excluding diaryl/α,β-unsaturated/α-hetero) is 1. The maximum Gasteiger partial charge on any atom is 0.372 e. The molecule has 7 heteroatoms. The van der Waals surface area contributed by atoms with E-state index < -0.39 is 30.6 Å². The van der Waals surface area contributed by atoms with E-state index in [9.17, 15) is 14.4 Å². The van der Waals surface area contributed by atoms with Crippen LogP contribution >= 0.6 is 0 Å². The summed E-state index contributed by atoms with van der Waals surface area (Å²) in [7, 11) is 0. The first-order valence-corrected chi connectivity index (χ1v) is 4.92. The van der Waals surface area contributed by atoms with E-state index >= 15 is 0 Å². The van der Waals surface area contributed by atoms with Crippen LogP contribution in [0, 0.1) is 0 Å². The number of nitrogens with two attached hydrogens (primary N) is 2. The Morgan fingerprint density at radius 3 is 1.67 bits per heavy atom. The topological polar surface area (TPSA) is 144 Å². The van der Waals surface area contributed by atoms with Crippen molar-refractivity contribution in [3.05, 3.63) is 24.3 Å². The normalized spacial score (nSPS) is 8.89. The molecule has 0 heterocycles. The second kappa shape index (κ2) is 7.66. The highest BCUT2D eigenvalue weighted by Gasteiger charge is 2.12. The van der Waals surface area contributed by atoms with Crippen molar-refractivity contribution in [1.82, 2.24) is 0 Å². The molecule has 1 aromatic rings. The SMILES string of the molecule is Nc1ccccc1N.O=C(O)CCC(=O)C(=O)O. The number of anilines is 2. The number of rotatable bonds is 4. The highest BCUT2D eigenvalue weighted by Crippen LogP contribution is 2.10. The standard InChI is InChI=1S/C6H8N2.C5H6O5/c7-5-3-1-2-4-6(5)8;6-3(5(9)10)1-2-4(7)8/h1-4H,7-8H2;1-2H2,(H,7,8)(H,9,10). The third-order valence-electron chi connectivity index (χ3n) is 1.80. The molecule has 0 bridgehead atoms. The Morgan fingerprint density at radius 2 is 1.39 bits per heavy atom. The molecule has 1 aromatic carbocycles. The summed E-state index contributed by atoms with van der Waals surface area (Å²) in [4.78, 5) is 29.7. The molecule has 0 fully saturated rings. The van der Waals surface area contributed by atoms with Gasteiger partial charge in [0, 0.05) is 6.42 Å². The smallest absolute Gasteiger partial charge is 0.372 e. The van der Waals surface area contributed by atoms with Gasteiger partial charge in [-0.25, -0.2) is 4.79 Å². The molecule has 0 saturated heterocycles. The largest absolute Gasteiger partial charge is 0.481 e. The summed E-state index contributed by atoms with van der Waals surface area (Å²) in [6.45, 7) is 0. The van der Waals surface area contributed by atoms with Gasteiger partial charge < -0.3 is 21.7 Å². The Hall–Kier alpha value is -2.57. The fourth-order valence-electron chi connectivity index (χ4n) is 0.838. The fourth-order valence-corrected chi connectivity index (χ4v) is 0.838. The molecule has 0 amide bonds. The second-order valence-corrected chi connectivity index (χ2v) is 3.25. The number of carbonyl (C=O) groups is 3. The zero-order chi connectivity index (χ0) is 14.1. The predicted molar refractivity (Wildman–Crippen MR) is 64.8 cm³/mol. The van der Waals surface area contributed by atoms with Crippen LogP contribution in [-0.2, 0) is 14.4 Å². The van der Waals surface area contributed by atoms with Gasteiger partial charge in [0.25, 0.3) is 0 Å². The molecule has 98 valence electrons. The van der Waals surface area contributed by atoms with Crippen molar-refractivity contribution in [2.75, 3.05) is 11.5 Å². The van der Waals surface area contributed by atoms with Crippen molar-refractivity contribution in [3.63, 3.8) is 0 Å². The second-order valence-electron chi connectivity index (χ2n) is 3.25. The molecule has 0 atom stereocenters. The van der Waals surface area contributed by atoms with Crippen molar-refractivity contribution >= 4 is 29.1 Å². The van der Waals surface area contributed by atoms with Gasteiger partial charge in [0.1, 0.15) is 0 Å². The van der Waals surface area contributed by atoms with Gasteiger partial charge in [0.15, 0.2) is 0 Å². The average molecular weight is 254 g/mol. The molecule has 0 aromatic heterocycles. The lowest BCUT2D eigenvalue weighted by molar-refractivity contribution is -0.149. The van der Waals surface area contributed by atoms with E-state index in [1.165, 1.54) is 0 Å².